The molecule has 0 bridgehead atoms. The predicted octanol–water partition coefficient (Wildman–Crippen LogP) is 4.53. The second kappa shape index (κ2) is 7.85. The summed E-state index contributed by atoms with van der Waals surface area (Å²) in [6.45, 7) is 2.85. The number of unbranched alkanes of at least 4 members (excludes halogenated alkanes) is 1. The normalized spacial score (nSPS) is 10.4. The zero-order valence-electron chi connectivity index (χ0n) is 11.8. The maximum atomic E-state index is 5.91. The molecule has 2 aromatic rings. The van der Waals surface area contributed by atoms with Crippen LogP contribution >= 0.6 is 11.8 Å². The van der Waals surface area contributed by atoms with Gasteiger partial charge in [-0.15, -0.1) is 11.8 Å². The van der Waals surface area contributed by atoms with Crippen molar-refractivity contribution in [3.05, 3.63) is 54.1 Å². The van der Waals surface area contributed by atoms with Crippen LogP contribution < -0.4 is 10.5 Å². The van der Waals surface area contributed by atoms with Crippen LogP contribution in [0.25, 0.3) is 0 Å². The molecular formula is C17H21NOS. The molecule has 0 fully saturated rings. The molecule has 2 N–H and O–H groups in total. The quantitative estimate of drug-likeness (QED) is 0.461. The van der Waals surface area contributed by atoms with Gasteiger partial charge >= 0.3 is 0 Å². The fraction of sp³-hybridized carbons (Fsp3) is 0.294. The Morgan fingerprint density at radius 1 is 1.05 bits per heavy atom. The van der Waals surface area contributed by atoms with E-state index in [0.29, 0.717) is 0 Å². The molecule has 0 saturated heterocycles. The van der Waals surface area contributed by atoms with Gasteiger partial charge in [0.05, 0.1) is 6.61 Å². The molecule has 0 saturated carbocycles. The molecule has 0 aliphatic carbocycles. The maximum absolute atomic E-state index is 5.91. The molecular weight excluding hydrogens is 266 g/mol. The van der Waals surface area contributed by atoms with Crippen molar-refractivity contribution in [3.63, 3.8) is 0 Å². The molecule has 2 rings (SSSR count). The SMILES string of the molecule is Cc1cccc(OCCCCSc2ccccc2N)c1. The predicted molar refractivity (Wildman–Crippen MR) is 87.5 cm³/mol. The number of nitrogen functional groups attached to an aromatic ring is 1. The molecule has 0 amide bonds. The van der Waals surface area contributed by atoms with Crippen molar-refractivity contribution in [2.75, 3.05) is 18.1 Å². The highest BCUT2D eigenvalue weighted by molar-refractivity contribution is 7.99. The van der Waals surface area contributed by atoms with Crippen molar-refractivity contribution in [1.82, 2.24) is 0 Å². The van der Waals surface area contributed by atoms with Gasteiger partial charge < -0.3 is 10.5 Å². The molecule has 20 heavy (non-hydrogen) atoms. The third-order valence-corrected chi connectivity index (χ3v) is 4.15. The van der Waals surface area contributed by atoms with Crippen LogP contribution in [0.5, 0.6) is 5.75 Å². The largest absolute Gasteiger partial charge is 0.494 e. The van der Waals surface area contributed by atoms with Gasteiger partial charge in [-0.3, -0.25) is 0 Å². The van der Waals surface area contributed by atoms with Crippen molar-refractivity contribution in [1.29, 1.82) is 0 Å². The van der Waals surface area contributed by atoms with E-state index in [0.717, 1.165) is 36.6 Å². The molecule has 0 heterocycles. The van der Waals surface area contributed by atoms with E-state index in [2.05, 4.69) is 25.1 Å². The molecule has 0 aliphatic heterocycles. The number of benzene rings is 2. The number of hydrogen-bond donors (Lipinski definition) is 1. The molecule has 0 spiro atoms. The molecule has 0 unspecified atom stereocenters. The van der Waals surface area contributed by atoms with Gasteiger partial charge in [-0.25, -0.2) is 0 Å². The van der Waals surface area contributed by atoms with Crippen LogP contribution in [-0.4, -0.2) is 12.4 Å². The summed E-state index contributed by atoms with van der Waals surface area (Å²) in [5.41, 5.74) is 8.01. The molecule has 0 atom stereocenters. The molecule has 0 aliphatic rings. The minimum Gasteiger partial charge on any atom is -0.494 e. The first-order chi connectivity index (χ1) is 9.75. The Kier molecular flexibility index (Phi) is 5.81. The Morgan fingerprint density at radius 3 is 2.70 bits per heavy atom. The Balaban J connectivity index is 1.61. The highest BCUT2D eigenvalue weighted by Crippen LogP contribution is 2.25. The van der Waals surface area contributed by atoms with Gasteiger partial charge in [-0.2, -0.15) is 0 Å². The second-order valence-corrected chi connectivity index (χ2v) is 5.90. The lowest BCUT2D eigenvalue weighted by molar-refractivity contribution is 0.309. The lowest BCUT2D eigenvalue weighted by Crippen LogP contribution is -1.98. The Labute approximate surface area is 125 Å². The monoisotopic (exact) mass is 287 g/mol. The van der Waals surface area contributed by atoms with E-state index in [-0.39, 0.29) is 0 Å². The number of ether oxygens (including phenoxy) is 1. The van der Waals surface area contributed by atoms with Crippen molar-refractivity contribution < 1.29 is 4.74 Å². The zero-order chi connectivity index (χ0) is 14.2. The topological polar surface area (TPSA) is 35.2 Å². The van der Waals surface area contributed by atoms with Gasteiger partial charge in [0, 0.05) is 10.6 Å². The summed E-state index contributed by atoms with van der Waals surface area (Å²) in [6.07, 6.45) is 2.19. The molecule has 106 valence electrons. The van der Waals surface area contributed by atoms with Crippen LogP contribution in [0.1, 0.15) is 18.4 Å². The number of nitrogens with two attached hydrogens (primary N) is 1. The maximum Gasteiger partial charge on any atom is 0.119 e. The molecule has 2 aromatic carbocycles. The first-order valence-corrected chi connectivity index (χ1v) is 7.91. The number of thioether (sulfide) groups is 1. The van der Waals surface area contributed by atoms with E-state index in [1.807, 2.05) is 42.1 Å². The van der Waals surface area contributed by atoms with E-state index in [4.69, 9.17) is 10.5 Å². The van der Waals surface area contributed by atoms with Gasteiger partial charge in [0.2, 0.25) is 0 Å². The number of anilines is 1. The Morgan fingerprint density at radius 2 is 1.90 bits per heavy atom. The van der Waals surface area contributed by atoms with Gasteiger partial charge in [-0.05, 0) is 55.3 Å². The summed E-state index contributed by atoms with van der Waals surface area (Å²) in [7, 11) is 0. The highest BCUT2D eigenvalue weighted by Gasteiger charge is 1.99. The summed E-state index contributed by atoms with van der Waals surface area (Å²) in [4.78, 5) is 1.17. The molecule has 0 aromatic heterocycles. The van der Waals surface area contributed by atoms with E-state index in [1.54, 1.807) is 0 Å². The van der Waals surface area contributed by atoms with Gasteiger partial charge in [0.1, 0.15) is 5.75 Å². The van der Waals surface area contributed by atoms with Crippen LogP contribution in [0.15, 0.2) is 53.4 Å². The Hall–Kier alpha value is -1.61. The summed E-state index contributed by atoms with van der Waals surface area (Å²) in [5, 5.41) is 0. The highest BCUT2D eigenvalue weighted by atomic mass is 32.2. The van der Waals surface area contributed by atoms with Crippen LogP contribution in [0.4, 0.5) is 5.69 Å². The van der Waals surface area contributed by atoms with Gasteiger partial charge in [0.25, 0.3) is 0 Å². The lowest BCUT2D eigenvalue weighted by atomic mass is 10.2. The van der Waals surface area contributed by atoms with Crippen molar-refractivity contribution in [2.24, 2.45) is 0 Å². The van der Waals surface area contributed by atoms with Crippen LogP contribution in [-0.2, 0) is 0 Å². The number of rotatable bonds is 7. The summed E-state index contributed by atoms with van der Waals surface area (Å²) < 4.78 is 5.73. The lowest BCUT2D eigenvalue weighted by Gasteiger charge is -2.07. The number of para-hydroxylation sites is 1. The van der Waals surface area contributed by atoms with E-state index < -0.39 is 0 Å². The van der Waals surface area contributed by atoms with Gasteiger partial charge in [0.15, 0.2) is 0 Å². The van der Waals surface area contributed by atoms with Crippen molar-refractivity contribution in [2.45, 2.75) is 24.7 Å². The summed E-state index contributed by atoms with van der Waals surface area (Å²) >= 11 is 1.82. The van der Waals surface area contributed by atoms with Crippen LogP contribution in [0.3, 0.4) is 0 Å². The summed E-state index contributed by atoms with van der Waals surface area (Å²) in [6, 6.07) is 16.2. The summed E-state index contributed by atoms with van der Waals surface area (Å²) in [5.74, 6) is 2.04. The molecule has 3 heteroatoms. The fourth-order valence-corrected chi connectivity index (χ4v) is 2.87. The zero-order valence-corrected chi connectivity index (χ0v) is 12.7. The Bertz CT molecular complexity index is 542. The average molecular weight is 287 g/mol. The smallest absolute Gasteiger partial charge is 0.119 e. The fourth-order valence-electron chi connectivity index (χ4n) is 1.89. The molecule has 2 nitrogen and oxygen atoms in total. The number of hydrogen-bond acceptors (Lipinski definition) is 3. The third kappa shape index (κ3) is 4.82. The minimum atomic E-state index is 0.772. The molecule has 0 radical (unpaired) electrons. The minimum absolute atomic E-state index is 0.772. The van der Waals surface area contributed by atoms with Crippen molar-refractivity contribution in [3.8, 4) is 5.75 Å². The third-order valence-electron chi connectivity index (χ3n) is 2.97. The standard InChI is InChI=1S/C17H21NOS/c1-14-7-6-8-15(13-14)19-11-4-5-12-20-17-10-3-2-9-16(17)18/h2-3,6-10,13H,4-5,11-12,18H2,1H3. The van der Waals surface area contributed by atoms with E-state index in [1.165, 1.54) is 10.5 Å². The van der Waals surface area contributed by atoms with Crippen molar-refractivity contribution >= 4 is 17.4 Å². The van der Waals surface area contributed by atoms with E-state index >= 15 is 0 Å². The van der Waals surface area contributed by atoms with Gasteiger partial charge in [-0.1, -0.05) is 24.3 Å². The average Bonchev–Trinajstić information content (AvgIpc) is 2.44. The first-order valence-electron chi connectivity index (χ1n) is 6.92. The first kappa shape index (κ1) is 14.8. The number of aryl methyl sites for hydroxylation is 1. The second-order valence-electron chi connectivity index (χ2n) is 4.76. The van der Waals surface area contributed by atoms with Crippen LogP contribution in [0.2, 0.25) is 0 Å². The van der Waals surface area contributed by atoms with E-state index in [9.17, 15) is 0 Å². The van der Waals surface area contributed by atoms with Crippen LogP contribution in [0, 0.1) is 6.92 Å².